The highest BCUT2D eigenvalue weighted by Gasteiger charge is 2.50. The largest absolute Gasteiger partial charge is 0.466 e. The number of ether oxygens (including phenoxy) is 1. The molecule has 3 unspecified atom stereocenters. The lowest BCUT2D eigenvalue weighted by Gasteiger charge is -2.12. The van der Waals surface area contributed by atoms with Crippen molar-refractivity contribution in [1.82, 2.24) is 20.6 Å². The summed E-state index contributed by atoms with van der Waals surface area (Å²) in [4.78, 5) is 17.1. The van der Waals surface area contributed by atoms with Crippen LogP contribution < -0.4 is 21.1 Å². The number of amides is 1. The molecular weight excluding hydrogens is 411 g/mol. The number of benzene rings is 1. The Hall–Kier alpha value is -1.56. The van der Waals surface area contributed by atoms with Gasteiger partial charge < -0.3 is 19.7 Å². The monoisotopic (exact) mass is 434 g/mol. The second-order valence-corrected chi connectivity index (χ2v) is 7.09. The summed E-state index contributed by atoms with van der Waals surface area (Å²) < 4.78 is 25.6. The van der Waals surface area contributed by atoms with Crippen LogP contribution >= 0.6 is 23.8 Å². The van der Waals surface area contributed by atoms with E-state index >= 15 is 0 Å². The van der Waals surface area contributed by atoms with Crippen molar-refractivity contribution >= 4 is 29.7 Å². The van der Waals surface area contributed by atoms with E-state index in [0.717, 1.165) is 6.07 Å². The molecule has 3 atom stereocenters. The van der Waals surface area contributed by atoms with Crippen LogP contribution in [0.3, 0.4) is 0 Å². The van der Waals surface area contributed by atoms with Crippen molar-refractivity contribution in [2.45, 2.75) is 32.4 Å². The molecule has 1 aromatic rings. The predicted octanol–water partition coefficient (Wildman–Crippen LogP) is 2.53. The smallest absolute Gasteiger partial charge is 0.240 e. The molecule has 1 aliphatic rings. The Morgan fingerprint density at radius 3 is 2.96 bits per heavy atom. The summed E-state index contributed by atoms with van der Waals surface area (Å²) in [6, 6.07) is 4.07. The van der Waals surface area contributed by atoms with E-state index in [1.165, 1.54) is 24.4 Å². The zero-order chi connectivity index (χ0) is 20.5. The van der Waals surface area contributed by atoms with Gasteiger partial charge in [-0.25, -0.2) is 13.5 Å². The number of halogens is 2. The van der Waals surface area contributed by atoms with Crippen molar-refractivity contribution in [1.29, 1.82) is 0 Å². The molecule has 8 nitrogen and oxygen atoms in total. The van der Waals surface area contributed by atoms with E-state index in [1.54, 1.807) is 0 Å². The summed E-state index contributed by atoms with van der Waals surface area (Å²) in [6.07, 6.45) is 0.505. The van der Waals surface area contributed by atoms with Crippen LogP contribution in [-0.2, 0) is 13.8 Å². The molecule has 2 rings (SSSR count). The van der Waals surface area contributed by atoms with Crippen molar-refractivity contribution in [3.05, 3.63) is 41.3 Å². The molecule has 1 aromatic carbocycles. The number of hydrazine groups is 1. The lowest BCUT2D eigenvalue weighted by molar-refractivity contribution is -0.121. The minimum Gasteiger partial charge on any atom is -0.466 e. The van der Waals surface area contributed by atoms with Crippen LogP contribution in [0.4, 0.5) is 4.39 Å². The van der Waals surface area contributed by atoms with E-state index in [9.17, 15) is 9.18 Å². The molecule has 0 aliphatic carbocycles. The first-order chi connectivity index (χ1) is 13.4. The first-order valence-electron chi connectivity index (χ1n) is 8.68. The third kappa shape index (κ3) is 7.12. The van der Waals surface area contributed by atoms with Crippen LogP contribution in [0.25, 0.3) is 0 Å². The Bertz CT molecular complexity index is 685. The number of carbonyl (C=O) groups is 1. The quantitative estimate of drug-likeness (QED) is 0.109. The minimum absolute atomic E-state index is 0.0216. The lowest BCUT2D eigenvalue weighted by Crippen LogP contribution is -2.35. The molecular formula is C17H24ClFN4O4S. The van der Waals surface area contributed by atoms with E-state index in [4.69, 9.17) is 25.4 Å². The fraction of sp³-hybridized carbons (Fsp3) is 0.471. The molecule has 11 heteroatoms. The van der Waals surface area contributed by atoms with Gasteiger partial charge in [-0.3, -0.25) is 4.79 Å². The number of carbonyl (C=O) groups excluding carboxylic acids is 1. The third-order valence-corrected chi connectivity index (χ3v) is 5.15. The SMILES string of the molecule is C=C(CCNC(=O)C1C(C)N1SOCC)NNOCOc1ccc(Cl)c(F)c1. The summed E-state index contributed by atoms with van der Waals surface area (Å²) in [5.41, 5.74) is 5.80. The van der Waals surface area contributed by atoms with Crippen LogP contribution in [-0.4, -0.2) is 42.2 Å². The average molecular weight is 435 g/mol. The van der Waals surface area contributed by atoms with Gasteiger partial charge in [0.1, 0.15) is 17.6 Å². The average Bonchev–Trinajstić information content (AvgIpc) is 3.32. The molecule has 0 bridgehead atoms. The zero-order valence-corrected chi connectivity index (χ0v) is 17.2. The lowest BCUT2D eigenvalue weighted by atomic mass is 10.3. The van der Waals surface area contributed by atoms with Gasteiger partial charge in [0.2, 0.25) is 12.7 Å². The van der Waals surface area contributed by atoms with Crippen LogP contribution in [0.15, 0.2) is 30.5 Å². The second kappa shape index (κ2) is 11.4. The van der Waals surface area contributed by atoms with Gasteiger partial charge in [0.05, 0.1) is 23.9 Å². The predicted molar refractivity (Wildman–Crippen MR) is 105 cm³/mol. The Morgan fingerprint density at radius 2 is 2.25 bits per heavy atom. The molecule has 1 fully saturated rings. The minimum atomic E-state index is -0.569. The van der Waals surface area contributed by atoms with Gasteiger partial charge in [-0.1, -0.05) is 18.2 Å². The maximum Gasteiger partial charge on any atom is 0.240 e. The molecule has 3 N–H and O–H groups in total. The number of rotatable bonds is 13. The van der Waals surface area contributed by atoms with Crippen LogP contribution in [0.2, 0.25) is 5.02 Å². The van der Waals surface area contributed by atoms with Gasteiger partial charge in [-0.15, -0.1) is 5.59 Å². The maximum atomic E-state index is 13.3. The van der Waals surface area contributed by atoms with Gasteiger partial charge in [0.25, 0.3) is 0 Å². The maximum absolute atomic E-state index is 13.3. The summed E-state index contributed by atoms with van der Waals surface area (Å²) in [5.74, 6) is -0.322. The van der Waals surface area contributed by atoms with E-state index in [2.05, 4.69) is 22.9 Å². The summed E-state index contributed by atoms with van der Waals surface area (Å²) in [6.45, 7) is 8.54. The van der Waals surface area contributed by atoms with E-state index < -0.39 is 5.82 Å². The van der Waals surface area contributed by atoms with Gasteiger partial charge in [0.15, 0.2) is 0 Å². The fourth-order valence-electron chi connectivity index (χ4n) is 2.19. The number of nitrogens with zero attached hydrogens (tertiary/aromatic N) is 1. The zero-order valence-electron chi connectivity index (χ0n) is 15.7. The van der Waals surface area contributed by atoms with E-state index in [1.807, 2.05) is 18.2 Å². The van der Waals surface area contributed by atoms with Crippen molar-refractivity contribution in [2.75, 3.05) is 19.9 Å². The normalized spacial score (nSPS) is 20.5. The molecule has 0 spiro atoms. The summed E-state index contributed by atoms with van der Waals surface area (Å²) in [5, 5.41) is 2.88. The molecule has 0 aromatic heterocycles. The first-order valence-corrected chi connectivity index (χ1v) is 9.75. The van der Waals surface area contributed by atoms with Crippen molar-refractivity contribution in [3.8, 4) is 5.75 Å². The molecule has 0 radical (unpaired) electrons. The van der Waals surface area contributed by atoms with E-state index in [-0.39, 0.29) is 35.6 Å². The summed E-state index contributed by atoms with van der Waals surface area (Å²) >= 11 is 6.81. The van der Waals surface area contributed by atoms with Crippen molar-refractivity contribution < 1.29 is 22.9 Å². The topological polar surface area (TPSA) is 83.9 Å². The Morgan fingerprint density at radius 1 is 1.46 bits per heavy atom. The van der Waals surface area contributed by atoms with E-state index in [0.29, 0.717) is 25.3 Å². The molecule has 156 valence electrons. The highest BCUT2D eigenvalue weighted by Crippen LogP contribution is 2.36. The standard InChI is InChI=1S/C17H24ClFN4O4S/c1-4-27-28-23-12(3)16(23)17(24)20-8-7-11(2)21-22-26-10-25-13-5-6-14(18)15(19)9-13/h5-6,9,12,16,21-22H,2,4,7-8,10H2,1,3H3,(H,20,24). The van der Waals surface area contributed by atoms with Crippen LogP contribution in [0.5, 0.6) is 5.75 Å². The van der Waals surface area contributed by atoms with Gasteiger partial charge in [0, 0.05) is 30.8 Å². The first kappa shape index (κ1) is 22.7. The molecule has 1 heterocycles. The number of nitrogens with one attached hydrogen (secondary N) is 3. The molecule has 1 amide bonds. The third-order valence-electron chi connectivity index (χ3n) is 3.77. The summed E-state index contributed by atoms with van der Waals surface area (Å²) in [7, 11) is 0. The molecule has 0 saturated carbocycles. The highest BCUT2D eigenvalue weighted by molar-refractivity contribution is 7.92. The van der Waals surface area contributed by atoms with Crippen LogP contribution in [0.1, 0.15) is 20.3 Å². The van der Waals surface area contributed by atoms with Crippen LogP contribution in [0, 0.1) is 5.82 Å². The van der Waals surface area contributed by atoms with Crippen molar-refractivity contribution in [3.63, 3.8) is 0 Å². The van der Waals surface area contributed by atoms with Gasteiger partial charge in [-0.2, -0.15) is 0 Å². The highest BCUT2D eigenvalue weighted by atomic mass is 35.5. The Balaban J connectivity index is 1.51. The Labute approximate surface area is 173 Å². The van der Waals surface area contributed by atoms with Gasteiger partial charge >= 0.3 is 0 Å². The van der Waals surface area contributed by atoms with Crippen molar-refractivity contribution in [2.24, 2.45) is 0 Å². The Kier molecular flexibility index (Phi) is 9.29. The fourth-order valence-corrected chi connectivity index (χ4v) is 3.10. The van der Waals surface area contributed by atoms with Gasteiger partial charge in [-0.05, 0) is 26.0 Å². The molecule has 28 heavy (non-hydrogen) atoms. The number of hydrogen-bond donors (Lipinski definition) is 3. The number of hydrogen-bond acceptors (Lipinski definition) is 8. The second-order valence-electron chi connectivity index (χ2n) is 5.88. The molecule has 1 saturated heterocycles. The molecule has 1 aliphatic heterocycles.